The van der Waals surface area contributed by atoms with Gasteiger partial charge in [0, 0.05) is 36.1 Å². The summed E-state index contributed by atoms with van der Waals surface area (Å²) in [7, 11) is 1.84. The average molecular weight is 370 g/mol. The van der Waals surface area contributed by atoms with Crippen LogP contribution in [0.4, 0.5) is 0 Å². The van der Waals surface area contributed by atoms with Crippen LogP contribution >= 0.6 is 23.1 Å². The molecule has 0 aromatic carbocycles. The van der Waals surface area contributed by atoms with Gasteiger partial charge in [-0.25, -0.2) is 4.98 Å². The SMILES string of the molecule is Cc1csc([C@H](C#N)C(=O)CSc2nnc(-c3ccncc3)n2C)n1. The van der Waals surface area contributed by atoms with E-state index in [1.165, 1.54) is 23.1 Å². The van der Waals surface area contributed by atoms with Crippen molar-refractivity contribution in [3.05, 3.63) is 40.6 Å². The summed E-state index contributed by atoms with van der Waals surface area (Å²) < 4.78 is 1.82. The molecule has 0 N–H and O–H groups in total. The molecule has 0 saturated carbocycles. The second kappa shape index (κ2) is 7.55. The Morgan fingerprint density at radius 2 is 2.16 bits per heavy atom. The van der Waals surface area contributed by atoms with E-state index in [1.54, 1.807) is 12.4 Å². The zero-order valence-corrected chi connectivity index (χ0v) is 15.2. The number of aromatic nitrogens is 5. The molecule has 0 saturated heterocycles. The lowest BCUT2D eigenvalue weighted by molar-refractivity contribution is -0.116. The van der Waals surface area contributed by atoms with Crippen LogP contribution in [0.1, 0.15) is 16.6 Å². The zero-order valence-electron chi connectivity index (χ0n) is 13.6. The second-order valence-electron chi connectivity index (χ2n) is 5.25. The molecule has 0 aliphatic carbocycles. The minimum Gasteiger partial charge on any atom is -0.305 e. The van der Waals surface area contributed by atoms with Gasteiger partial charge in [-0.3, -0.25) is 9.78 Å². The summed E-state index contributed by atoms with van der Waals surface area (Å²) in [6, 6.07) is 5.74. The smallest absolute Gasteiger partial charge is 0.191 e. The summed E-state index contributed by atoms with van der Waals surface area (Å²) in [5.74, 6) is -0.182. The van der Waals surface area contributed by atoms with Crippen LogP contribution < -0.4 is 0 Å². The Hall–Kier alpha value is -2.57. The van der Waals surface area contributed by atoms with Crippen LogP contribution in [-0.4, -0.2) is 36.3 Å². The fourth-order valence-electron chi connectivity index (χ4n) is 2.18. The van der Waals surface area contributed by atoms with Crippen LogP contribution in [0.25, 0.3) is 11.4 Å². The van der Waals surface area contributed by atoms with Crippen molar-refractivity contribution in [2.24, 2.45) is 7.05 Å². The van der Waals surface area contributed by atoms with Crippen LogP contribution in [0.2, 0.25) is 0 Å². The number of hydrogen-bond donors (Lipinski definition) is 0. The van der Waals surface area contributed by atoms with Gasteiger partial charge in [-0.05, 0) is 19.1 Å². The predicted molar refractivity (Wildman–Crippen MR) is 95.2 cm³/mol. The third kappa shape index (κ3) is 3.75. The molecule has 0 fully saturated rings. The van der Waals surface area contributed by atoms with Crippen molar-refractivity contribution in [2.45, 2.75) is 18.0 Å². The predicted octanol–water partition coefficient (Wildman–Crippen LogP) is 2.61. The Balaban J connectivity index is 1.71. The normalized spacial score (nSPS) is 11.9. The van der Waals surface area contributed by atoms with E-state index in [-0.39, 0.29) is 11.5 Å². The Bertz CT molecular complexity index is 928. The van der Waals surface area contributed by atoms with Gasteiger partial charge in [-0.1, -0.05) is 11.8 Å². The van der Waals surface area contributed by atoms with Gasteiger partial charge in [0.1, 0.15) is 5.01 Å². The van der Waals surface area contributed by atoms with E-state index in [2.05, 4.69) is 20.2 Å². The zero-order chi connectivity index (χ0) is 17.8. The Morgan fingerprint density at radius 1 is 1.40 bits per heavy atom. The molecule has 7 nitrogen and oxygen atoms in total. The Morgan fingerprint density at radius 3 is 2.80 bits per heavy atom. The van der Waals surface area contributed by atoms with Gasteiger partial charge in [-0.15, -0.1) is 21.5 Å². The third-order valence-corrected chi connectivity index (χ3v) is 5.52. The second-order valence-corrected chi connectivity index (χ2v) is 7.08. The quantitative estimate of drug-likeness (QED) is 0.615. The molecule has 9 heteroatoms. The number of thioether (sulfide) groups is 1. The van der Waals surface area contributed by atoms with E-state index >= 15 is 0 Å². The molecule has 1 atom stereocenters. The fourth-order valence-corrected chi connectivity index (χ4v) is 3.86. The first-order chi connectivity index (χ1) is 12.1. The van der Waals surface area contributed by atoms with E-state index in [9.17, 15) is 10.1 Å². The number of nitrogens with zero attached hydrogens (tertiary/aromatic N) is 6. The van der Waals surface area contributed by atoms with E-state index in [0.717, 1.165) is 11.3 Å². The number of nitriles is 1. The van der Waals surface area contributed by atoms with Gasteiger partial charge >= 0.3 is 0 Å². The number of carbonyl (C=O) groups is 1. The Labute approximate surface area is 152 Å². The van der Waals surface area contributed by atoms with Crippen molar-refractivity contribution in [3.8, 4) is 17.5 Å². The fraction of sp³-hybridized carbons (Fsp3) is 0.250. The molecule has 3 rings (SSSR count). The van der Waals surface area contributed by atoms with E-state index in [4.69, 9.17) is 0 Å². The molecule has 0 bridgehead atoms. The van der Waals surface area contributed by atoms with Crippen molar-refractivity contribution in [2.75, 3.05) is 5.75 Å². The molecule has 3 aromatic heterocycles. The average Bonchev–Trinajstić information content (AvgIpc) is 3.20. The first-order valence-corrected chi connectivity index (χ1v) is 9.23. The molecule has 0 amide bonds. The lowest BCUT2D eigenvalue weighted by Crippen LogP contribution is -2.13. The molecular formula is C16H14N6OS2. The molecule has 25 heavy (non-hydrogen) atoms. The molecule has 0 aliphatic rings. The van der Waals surface area contributed by atoms with Gasteiger partial charge in [-0.2, -0.15) is 5.26 Å². The summed E-state index contributed by atoms with van der Waals surface area (Å²) in [5, 5.41) is 20.6. The first-order valence-electron chi connectivity index (χ1n) is 7.37. The highest BCUT2D eigenvalue weighted by Gasteiger charge is 2.24. The van der Waals surface area contributed by atoms with Crippen molar-refractivity contribution < 1.29 is 4.79 Å². The summed E-state index contributed by atoms with van der Waals surface area (Å²) >= 11 is 2.60. The summed E-state index contributed by atoms with van der Waals surface area (Å²) in [4.78, 5) is 20.6. The molecule has 0 aliphatic heterocycles. The molecular weight excluding hydrogens is 356 g/mol. The third-order valence-electron chi connectivity index (χ3n) is 3.45. The number of carbonyl (C=O) groups excluding carboxylic acids is 1. The molecule has 0 unspecified atom stereocenters. The van der Waals surface area contributed by atoms with E-state index < -0.39 is 5.92 Å². The maximum Gasteiger partial charge on any atom is 0.191 e. The van der Waals surface area contributed by atoms with Gasteiger partial charge in [0.25, 0.3) is 0 Å². The maximum absolute atomic E-state index is 12.4. The van der Waals surface area contributed by atoms with Crippen LogP contribution in [-0.2, 0) is 11.8 Å². The standard InChI is InChI=1S/C16H14N6OS2/c1-10-8-24-15(19-10)12(7-17)13(23)9-25-16-21-20-14(22(16)2)11-3-5-18-6-4-11/h3-6,8,12H,9H2,1-2H3/t12-/m1/s1. The number of ketones is 1. The molecule has 3 aromatic rings. The van der Waals surface area contributed by atoms with Crippen molar-refractivity contribution in [3.63, 3.8) is 0 Å². The van der Waals surface area contributed by atoms with Crippen molar-refractivity contribution in [1.82, 2.24) is 24.7 Å². The molecule has 126 valence electrons. The van der Waals surface area contributed by atoms with Crippen molar-refractivity contribution in [1.29, 1.82) is 5.26 Å². The number of rotatable bonds is 6. The molecule has 0 spiro atoms. The minimum atomic E-state index is -0.834. The summed E-state index contributed by atoms with van der Waals surface area (Å²) in [6.07, 6.45) is 3.38. The number of aryl methyl sites for hydroxylation is 1. The van der Waals surface area contributed by atoms with Gasteiger partial charge in [0.2, 0.25) is 0 Å². The van der Waals surface area contributed by atoms with E-state index in [1.807, 2.05) is 42.1 Å². The lowest BCUT2D eigenvalue weighted by Gasteiger charge is -2.05. The lowest BCUT2D eigenvalue weighted by atomic mass is 10.1. The largest absolute Gasteiger partial charge is 0.305 e. The Kier molecular flexibility index (Phi) is 5.21. The monoisotopic (exact) mass is 370 g/mol. The number of Topliss-reactive ketones (excluding diaryl/α,β-unsaturated/α-hetero) is 1. The maximum atomic E-state index is 12.4. The van der Waals surface area contributed by atoms with Crippen LogP contribution in [0, 0.1) is 18.3 Å². The van der Waals surface area contributed by atoms with Crippen LogP contribution in [0.3, 0.4) is 0 Å². The molecule has 0 radical (unpaired) electrons. The molecule has 3 heterocycles. The number of hydrogen-bond acceptors (Lipinski definition) is 8. The van der Waals surface area contributed by atoms with Crippen molar-refractivity contribution >= 4 is 28.9 Å². The minimum absolute atomic E-state index is 0.138. The number of thiazole rings is 1. The number of pyridine rings is 1. The van der Waals surface area contributed by atoms with Gasteiger partial charge in [0.05, 0.1) is 11.8 Å². The summed E-state index contributed by atoms with van der Waals surface area (Å²) in [5.41, 5.74) is 1.72. The highest BCUT2D eigenvalue weighted by Crippen LogP contribution is 2.26. The van der Waals surface area contributed by atoms with Crippen LogP contribution in [0.5, 0.6) is 0 Å². The van der Waals surface area contributed by atoms with Crippen LogP contribution in [0.15, 0.2) is 35.1 Å². The highest BCUT2D eigenvalue weighted by atomic mass is 32.2. The highest BCUT2D eigenvalue weighted by molar-refractivity contribution is 7.99. The van der Waals surface area contributed by atoms with E-state index in [0.29, 0.717) is 16.0 Å². The first kappa shape index (κ1) is 17.3. The van der Waals surface area contributed by atoms with Gasteiger partial charge < -0.3 is 4.57 Å². The summed E-state index contributed by atoms with van der Waals surface area (Å²) in [6.45, 7) is 1.84. The van der Waals surface area contributed by atoms with Gasteiger partial charge in [0.15, 0.2) is 22.7 Å². The topological polar surface area (TPSA) is 97.4 Å².